The number of ether oxygens (including phenoxy) is 2. The quantitative estimate of drug-likeness (QED) is 0.741. The third-order valence-electron chi connectivity index (χ3n) is 4.61. The summed E-state index contributed by atoms with van der Waals surface area (Å²) in [6, 6.07) is 10.7. The lowest BCUT2D eigenvalue weighted by Gasteiger charge is -2.26. The minimum absolute atomic E-state index is 0.0196. The largest absolute Gasteiger partial charge is 0.495 e. The van der Waals surface area contributed by atoms with Crippen molar-refractivity contribution in [3.8, 4) is 5.75 Å². The van der Waals surface area contributed by atoms with E-state index in [9.17, 15) is 17.6 Å². The fourth-order valence-electron chi connectivity index (χ4n) is 3.05. The van der Waals surface area contributed by atoms with Crippen LogP contribution in [-0.4, -0.2) is 52.0 Å². The van der Waals surface area contributed by atoms with Crippen molar-refractivity contribution in [2.24, 2.45) is 0 Å². The molecule has 1 fully saturated rings. The molecule has 0 aromatic heterocycles. The van der Waals surface area contributed by atoms with Gasteiger partial charge in [-0.25, -0.2) is 12.8 Å². The fourth-order valence-corrected chi connectivity index (χ4v) is 4.64. The first-order valence-electron chi connectivity index (χ1n) is 9.21. The van der Waals surface area contributed by atoms with E-state index in [0.29, 0.717) is 24.5 Å². The van der Waals surface area contributed by atoms with E-state index >= 15 is 0 Å². The predicted octanol–water partition coefficient (Wildman–Crippen LogP) is 2.43. The van der Waals surface area contributed by atoms with E-state index in [2.05, 4.69) is 5.32 Å². The molecule has 1 N–H and O–H groups in total. The van der Waals surface area contributed by atoms with Crippen LogP contribution in [0.5, 0.6) is 5.75 Å². The summed E-state index contributed by atoms with van der Waals surface area (Å²) in [5, 5.41) is 2.67. The number of morpholine rings is 1. The van der Waals surface area contributed by atoms with Crippen molar-refractivity contribution in [3.05, 3.63) is 53.8 Å². The fraction of sp³-hybridized carbons (Fsp3) is 0.350. The van der Waals surface area contributed by atoms with Gasteiger partial charge in [-0.1, -0.05) is 18.2 Å². The van der Waals surface area contributed by atoms with Gasteiger partial charge in [0, 0.05) is 25.2 Å². The summed E-state index contributed by atoms with van der Waals surface area (Å²) in [6.07, 6.45) is 0.312. The highest BCUT2D eigenvalue weighted by atomic mass is 32.2. The van der Waals surface area contributed by atoms with Crippen molar-refractivity contribution < 1.29 is 27.1 Å². The summed E-state index contributed by atoms with van der Waals surface area (Å²) in [4.78, 5) is 12.3. The number of carbonyl (C=O) groups is 1. The minimum atomic E-state index is -3.80. The van der Waals surface area contributed by atoms with Crippen LogP contribution in [0.4, 0.5) is 10.1 Å². The van der Waals surface area contributed by atoms with Crippen LogP contribution in [-0.2, 0) is 26.0 Å². The third-order valence-corrected chi connectivity index (χ3v) is 6.53. The maximum absolute atomic E-state index is 13.7. The molecular formula is C20H23FN2O5S. The average Bonchev–Trinajstić information content (AvgIpc) is 2.74. The lowest BCUT2D eigenvalue weighted by Crippen LogP contribution is -2.40. The summed E-state index contributed by atoms with van der Waals surface area (Å²) >= 11 is 0. The Morgan fingerprint density at radius 1 is 1.21 bits per heavy atom. The summed E-state index contributed by atoms with van der Waals surface area (Å²) in [5.74, 6) is -0.502. The first kappa shape index (κ1) is 21.2. The lowest BCUT2D eigenvalue weighted by molar-refractivity contribution is -0.116. The Morgan fingerprint density at radius 3 is 2.62 bits per heavy atom. The molecule has 156 valence electrons. The van der Waals surface area contributed by atoms with Crippen molar-refractivity contribution in [1.29, 1.82) is 0 Å². The lowest BCUT2D eigenvalue weighted by atomic mass is 10.1. The predicted molar refractivity (Wildman–Crippen MR) is 106 cm³/mol. The normalized spacial score (nSPS) is 15.1. The topological polar surface area (TPSA) is 84.9 Å². The highest BCUT2D eigenvalue weighted by Gasteiger charge is 2.29. The van der Waals surface area contributed by atoms with Gasteiger partial charge in [0.2, 0.25) is 15.9 Å². The first-order valence-corrected chi connectivity index (χ1v) is 10.6. The van der Waals surface area contributed by atoms with E-state index in [1.54, 1.807) is 24.3 Å². The van der Waals surface area contributed by atoms with Gasteiger partial charge in [-0.05, 0) is 36.2 Å². The zero-order chi connectivity index (χ0) is 20.9. The molecule has 0 radical (unpaired) electrons. The second kappa shape index (κ2) is 9.34. The van der Waals surface area contributed by atoms with Gasteiger partial charge in [-0.2, -0.15) is 4.31 Å². The second-order valence-corrected chi connectivity index (χ2v) is 8.43. The standard InChI is InChI=1S/C20H23FN2O5S/c1-27-18-8-7-16(14-19(18)29(25,26)23-10-12-28-13-11-23)22-20(24)9-6-15-4-2-3-5-17(15)21/h2-5,7-8,14H,6,9-13H2,1H3,(H,22,24). The van der Waals surface area contributed by atoms with Crippen LogP contribution in [0.2, 0.25) is 0 Å². The summed E-state index contributed by atoms with van der Waals surface area (Å²) < 4.78 is 51.4. The van der Waals surface area contributed by atoms with Crippen molar-refractivity contribution in [2.75, 3.05) is 38.7 Å². The number of halogens is 1. The van der Waals surface area contributed by atoms with Crippen LogP contribution < -0.4 is 10.1 Å². The van der Waals surface area contributed by atoms with E-state index in [1.807, 2.05) is 0 Å². The van der Waals surface area contributed by atoms with Crippen molar-refractivity contribution in [1.82, 2.24) is 4.31 Å². The number of nitrogens with one attached hydrogen (secondary N) is 1. The number of amides is 1. The summed E-state index contributed by atoms with van der Waals surface area (Å²) in [5.41, 5.74) is 0.782. The molecule has 29 heavy (non-hydrogen) atoms. The van der Waals surface area contributed by atoms with Crippen LogP contribution in [0.15, 0.2) is 47.4 Å². The van der Waals surface area contributed by atoms with Gasteiger partial charge in [0.05, 0.1) is 20.3 Å². The number of nitrogens with zero attached hydrogens (tertiary/aromatic N) is 1. The van der Waals surface area contributed by atoms with Crippen LogP contribution in [0.25, 0.3) is 0 Å². The maximum Gasteiger partial charge on any atom is 0.246 e. The van der Waals surface area contributed by atoms with Gasteiger partial charge in [0.15, 0.2) is 0 Å². The number of sulfonamides is 1. The average molecular weight is 422 g/mol. The zero-order valence-electron chi connectivity index (χ0n) is 16.1. The molecule has 1 amide bonds. The van der Waals surface area contributed by atoms with Gasteiger partial charge in [-0.15, -0.1) is 0 Å². The van der Waals surface area contributed by atoms with Gasteiger partial charge in [0.1, 0.15) is 16.5 Å². The molecule has 0 spiro atoms. The number of hydrogen-bond acceptors (Lipinski definition) is 5. The van der Waals surface area contributed by atoms with E-state index in [4.69, 9.17) is 9.47 Å². The number of benzene rings is 2. The van der Waals surface area contributed by atoms with Crippen LogP contribution in [0.1, 0.15) is 12.0 Å². The molecule has 2 aromatic carbocycles. The molecule has 1 aliphatic heterocycles. The maximum atomic E-state index is 13.7. The molecule has 0 saturated carbocycles. The molecular weight excluding hydrogens is 399 g/mol. The Balaban J connectivity index is 1.74. The number of anilines is 1. The second-order valence-electron chi connectivity index (χ2n) is 6.52. The van der Waals surface area contributed by atoms with Crippen LogP contribution >= 0.6 is 0 Å². The van der Waals surface area contributed by atoms with E-state index in [-0.39, 0.29) is 48.3 Å². The highest BCUT2D eigenvalue weighted by molar-refractivity contribution is 7.89. The number of aryl methyl sites for hydroxylation is 1. The van der Waals surface area contributed by atoms with Crippen molar-refractivity contribution >= 4 is 21.6 Å². The van der Waals surface area contributed by atoms with Gasteiger partial charge in [0.25, 0.3) is 0 Å². The minimum Gasteiger partial charge on any atom is -0.495 e. The van der Waals surface area contributed by atoms with Gasteiger partial charge in [-0.3, -0.25) is 4.79 Å². The highest BCUT2D eigenvalue weighted by Crippen LogP contribution is 2.30. The van der Waals surface area contributed by atoms with Crippen LogP contribution in [0.3, 0.4) is 0 Å². The number of rotatable bonds is 7. The van der Waals surface area contributed by atoms with Gasteiger partial charge >= 0.3 is 0 Å². The first-order chi connectivity index (χ1) is 13.9. The molecule has 1 aliphatic rings. The number of methoxy groups -OCH3 is 1. The molecule has 1 saturated heterocycles. The molecule has 2 aromatic rings. The van der Waals surface area contributed by atoms with Gasteiger partial charge < -0.3 is 14.8 Å². The van der Waals surface area contributed by atoms with Crippen LogP contribution in [0, 0.1) is 5.82 Å². The molecule has 9 heteroatoms. The molecule has 0 bridgehead atoms. The monoisotopic (exact) mass is 422 g/mol. The number of carbonyl (C=O) groups excluding carboxylic acids is 1. The summed E-state index contributed by atoms with van der Waals surface area (Å²) in [7, 11) is -2.41. The Kier molecular flexibility index (Phi) is 6.83. The van der Waals surface area contributed by atoms with E-state index in [1.165, 1.54) is 29.6 Å². The molecule has 7 nitrogen and oxygen atoms in total. The Labute approximate surface area is 169 Å². The van der Waals surface area contributed by atoms with E-state index < -0.39 is 10.0 Å². The number of hydrogen-bond donors (Lipinski definition) is 1. The van der Waals surface area contributed by atoms with E-state index in [0.717, 1.165) is 0 Å². The Bertz CT molecular complexity index is 975. The summed E-state index contributed by atoms with van der Waals surface area (Å²) in [6.45, 7) is 1.16. The smallest absolute Gasteiger partial charge is 0.246 e. The van der Waals surface area contributed by atoms with Crippen molar-refractivity contribution in [2.45, 2.75) is 17.7 Å². The third kappa shape index (κ3) is 5.11. The molecule has 1 heterocycles. The molecule has 0 atom stereocenters. The Morgan fingerprint density at radius 2 is 1.93 bits per heavy atom. The molecule has 0 unspecified atom stereocenters. The van der Waals surface area contributed by atoms with Crippen molar-refractivity contribution in [3.63, 3.8) is 0 Å². The SMILES string of the molecule is COc1ccc(NC(=O)CCc2ccccc2F)cc1S(=O)(=O)N1CCOCC1. The zero-order valence-corrected chi connectivity index (χ0v) is 16.9. The Hall–Kier alpha value is -2.49. The molecule has 3 rings (SSSR count). The molecule has 0 aliphatic carbocycles.